The number of aliphatic carboxylic acids is 1. The molecule has 1 aliphatic heterocycles. The smallest absolute Gasteiger partial charge is 0.488 e. The van der Waals surface area contributed by atoms with Crippen molar-refractivity contribution < 1.29 is 32.2 Å². The number of fused-ring (bicyclic) bond motifs is 1. The molecule has 8 heteroatoms. The number of likely N-dealkylation sites (N-methyl/N-ethyl adjacent to an activating group) is 1. The van der Waals surface area contributed by atoms with Crippen LogP contribution >= 0.6 is 0 Å². The van der Waals surface area contributed by atoms with Crippen molar-refractivity contribution in [2.24, 2.45) is 0 Å². The molecule has 19 heavy (non-hydrogen) atoms. The Morgan fingerprint density at radius 1 is 1.47 bits per heavy atom. The first-order valence-electron chi connectivity index (χ1n) is 5.16. The third-order valence-electron chi connectivity index (χ3n) is 2.36. The molecule has 4 nitrogen and oxygen atoms in total. The lowest BCUT2D eigenvalue weighted by Crippen LogP contribution is -2.21. The molecule has 0 saturated carbocycles. The molecule has 2 rings (SSSR count). The van der Waals surface area contributed by atoms with Gasteiger partial charge in [-0.25, -0.2) is 9.18 Å². The average molecular weight is 281 g/mol. The predicted octanol–water partition coefficient (Wildman–Crippen LogP) is 2.11. The Hall–Kier alpha value is -1.83. The molecule has 0 radical (unpaired) electrons. The van der Waals surface area contributed by atoms with Crippen LogP contribution in [0.25, 0.3) is 0 Å². The number of carboxylic acid groups (broad SMARTS) is 1. The number of ether oxygens (including phenoxy) is 1. The van der Waals surface area contributed by atoms with Crippen LogP contribution in [-0.2, 0) is 4.79 Å². The molecule has 1 heterocycles. The molecule has 2 N–H and O–H groups in total. The lowest BCUT2D eigenvalue weighted by atomic mass is 10.1. The topological polar surface area (TPSA) is 58.6 Å². The minimum absolute atomic E-state index is 0.135. The van der Waals surface area contributed by atoms with Crippen LogP contribution in [0.1, 0.15) is 11.6 Å². The van der Waals surface area contributed by atoms with Gasteiger partial charge in [-0.05, 0) is 13.1 Å². The summed E-state index contributed by atoms with van der Waals surface area (Å²) in [5, 5.41) is 10.2. The number of nitrogens with one attached hydrogen (secondary N) is 1. The lowest BCUT2D eigenvalue weighted by Gasteiger charge is -2.04. The number of benzene rings is 1. The molecule has 0 bridgehead atoms. The van der Waals surface area contributed by atoms with E-state index in [0.717, 1.165) is 5.56 Å². The number of carbonyl (C=O) groups is 1. The molecule has 0 aliphatic carbocycles. The summed E-state index contributed by atoms with van der Waals surface area (Å²) >= 11 is 0. The molecule has 1 aromatic carbocycles. The van der Waals surface area contributed by atoms with Crippen molar-refractivity contribution in [3.05, 3.63) is 29.6 Å². The minimum atomic E-state index is -5.08. The van der Waals surface area contributed by atoms with Gasteiger partial charge in [0, 0.05) is 5.56 Å². The summed E-state index contributed by atoms with van der Waals surface area (Å²) < 4.78 is 50.0. The third-order valence-corrected chi connectivity index (χ3v) is 2.36. The maximum absolute atomic E-state index is 13.0. The molecule has 1 atom stereocenters. The molecule has 0 amide bonds. The molecule has 1 aromatic rings. The highest BCUT2D eigenvalue weighted by atomic mass is 19.4. The van der Waals surface area contributed by atoms with E-state index in [1.807, 2.05) is 13.1 Å². The first kappa shape index (κ1) is 15.2. The maximum atomic E-state index is 13.0. The highest BCUT2D eigenvalue weighted by Gasteiger charge is 2.38. The zero-order valence-electron chi connectivity index (χ0n) is 9.79. The van der Waals surface area contributed by atoms with Gasteiger partial charge in [0.05, 0.1) is 6.04 Å². The Balaban J connectivity index is 0.000000224. The number of para-hydroxylation sites is 1. The zero-order valence-corrected chi connectivity index (χ0v) is 9.79. The largest absolute Gasteiger partial charge is 0.490 e. The van der Waals surface area contributed by atoms with E-state index in [9.17, 15) is 17.6 Å². The van der Waals surface area contributed by atoms with Crippen LogP contribution in [0.2, 0.25) is 0 Å². The quantitative estimate of drug-likeness (QED) is 0.774. The summed E-state index contributed by atoms with van der Waals surface area (Å²) in [5.41, 5.74) is 0.914. The highest BCUT2D eigenvalue weighted by Crippen LogP contribution is 2.33. The van der Waals surface area contributed by atoms with Crippen LogP contribution < -0.4 is 10.1 Å². The van der Waals surface area contributed by atoms with Gasteiger partial charge < -0.3 is 15.2 Å². The van der Waals surface area contributed by atoms with Crippen LogP contribution in [-0.4, -0.2) is 30.9 Å². The summed E-state index contributed by atoms with van der Waals surface area (Å²) in [5.74, 6) is -2.63. The second-order valence-corrected chi connectivity index (χ2v) is 3.61. The van der Waals surface area contributed by atoms with Crippen LogP contribution in [0.3, 0.4) is 0 Å². The van der Waals surface area contributed by atoms with E-state index < -0.39 is 12.1 Å². The fourth-order valence-electron chi connectivity index (χ4n) is 1.45. The van der Waals surface area contributed by atoms with Crippen molar-refractivity contribution in [3.63, 3.8) is 0 Å². The third kappa shape index (κ3) is 3.82. The fourth-order valence-corrected chi connectivity index (χ4v) is 1.45. The van der Waals surface area contributed by atoms with Crippen molar-refractivity contribution in [1.82, 2.24) is 5.32 Å². The molecule has 1 unspecified atom stereocenters. The minimum Gasteiger partial charge on any atom is -0.488 e. The molecule has 0 saturated heterocycles. The molecule has 1 aliphatic rings. The number of carboxylic acids is 1. The van der Waals surface area contributed by atoms with Crippen molar-refractivity contribution in [3.8, 4) is 5.75 Å². The van der Waals surface area contributed by atoms with Gasteiger partial charge in [-0.3, -0.25) is 0 Å². The van der Waals surface area contributed by atoms with Gasteiger partial charge in [-0.1, -0.05) is 12.1 Å². The van der Waals surface area contributed by atoms with Crippen molar-refractivity contribution >= 4 is 5.97 Å². The van der Waals surface area contributed by atoms with E-state index in [1.165, 1.54) is 6.07 Å². The standard InChI is InChI=1S/C9H10FNO.C2HF3O2/c1-11-8-5-12-9-6(8)3-2-4-7(9)10;3-2(4,5)1(6)7/h2-4,8,11H,5H2,1H3;(H,6,7). The highest BCUT2D eigenvalue weighted by molar-refractivity contribution is 5.73. The van der Waals surface area contributed by atoms with Gasteiger partial charge in [0.1, 0.15) is 6.61 Å². The summed E-state index contributed by atoms with van der Waals surface area (Å²) in [7, 11) is 1.84. The van der Waals surface area contributed by atoms with Crippen LogP contribution in [0.4, 0.5) is 17.6 Å². The molecule has 0 fully saturated rings. The van der Waals surface area contributed by atoms with Crippen LogP contribution in [0.15, 0.2) is 18.2 Å². The van der Waals surface area contributed by atoms with Crippen LogP contribution in [0.5, 0.6) is 5.75 Å². The Kier molecular flexibility index (Phi) is 4.71. The summed E-state index contributed by atoms with van der Waals surface area (Å²) in [6.45, 7) is 0.521. The van der Waals surface area contributed by atoms with Gasteiger partial charge in [-0.2, -0.15) is 13.2 Å². The van der Waals surface area contributed by atoms with Crippen LogP contribution in [0, 0.1) is 5.82 Å². The zero-order chi connectivity index (χ0) is 14.6. The van der Waals surface area contributed by atoms with E-state index >= 15 is 0 Å². The average Bonchev–Trinajstić information content (AvgIpc) is 2.73. The summed E-state index contributed by atoms with van der Waals surface area (Å²) in [4.78, 5) is 8.90. The number of hydrogen-bond acceptors (Lipinski definition) is 3. The Bertz CT molecular complexity index is 462. The van der Waals surface area contributed by atoms with Gasteiger partial charge >= 0.3 is 12.1 Å². The Morgan fingerprint density at radius 2 is 2.05 bits per heavy atom. The fraction of sp³-hybridized carbons (Fsp3) is 0.364. The molecule has 0 spiro atoms. The van der Waals surface area contributed by atoms with E-state index in [0.29, 0.717) is 12.4 Å². The molecular formula is C11H11F4NO3. The first-order valence-corrected chi connectivity index (χ1v) is 5.16. The van der Waals surface area contributed by atoms with E-state index in [4.69, 9.17) is 14.6 Å². The number of hydrogen-bond donors (Lipinski definition) is 2. The van der Waals surface area contributed by atoms with E-state index in [-0.39, 0.29) is 11.9 Å². The van der Waals surface area contributed by atoms with Gasteiger partial charge in [0.2, 0.25) is 0 Å². The maximum Gasteiger partial charge on any atom is 0.490 e. The normalized spacial score (nSPS) is 17.0. The number of halogens is 4. The summed E-state index contributed by atoms with van der Waals surface area (Å²) in [6.07, 6.45) is -5.08. The van der Waals surface area contributed by atoms with Gasteiger partial charge in [0.25, 0.3) is 0 Å². The molecule has 0 aromatic heterocycles. The SMILES string of the molecule is CNC1COc2c(F)cccc21.O=C(O)C(F)(F)F. The van der Waals surface area contributed by atoms with Crippen molar-refractivity contribution in [1.29, 1.82) is 0 Å². The van der Waals surface area contributed by atoms with Crippen molar-refractivity contribution in [2.75, 3.05) is 13.7 Å². The Labute approximate surface area is 106 Å². The molecule has 106 valence electrons. The number of alkyl halides is 3. The second kappa shape index (κ2) is 5.87. The Morgan fingerprint density at radius 3 is 2.53 bits per heavy atom. The lowest BCUT2D eigenvalue weighted by molar-refractivity contribution is -0.192. The van der Waals surface area contributed by atoms with Gasteiger partial charge in [0.15, 0.2) is 11.6 Å². The van der Waals surface area contributed by atoms with E-state index in [2.05, 4.69) is 5.32 Å². The number of rotatable bonds is 1. The monoisotopic (exact) mass is 281 g/mol. The molecular weight excluding hydrogens is 270 g/mol. The predicted molar refractivity (Wildman–Crippen MR) is 57.4 cm³/mol. The van der Waals surface area contributed by atoms with Gasteiger partial charge in [-0.15, -0.1) is 0 Å². The first-order chi connectivity index (χ1) is 8.77. The van der Waals surface area contributed by atoms with E-state index in [1.54, 1.807) is 6.07 Å². The summed E-state index contributed by atoms with van der Waals surface area (Å²) in [6, 6.07) is 5.13. The van der Waals surface area contributed by atoms with Crippen molar-refractivity contribution in [2.45, 2.75) is 12.2 Å². The second-order valence-electron chi connectivity index (χ2n) is 3.61.